The first-order valence-corrected chi connectivity index (χ1v) is 12.3. The van der Waals surface area contributed by atoms with Crippen molar-refractivity contribution < 1.29 is 18.0 Å². The predicted molar refractivity (Wildman–Crippen MR) is 128 cm³/mol. The summed E-state index contributed by atoms with van der Waals surface area (Å²) in [5.41, 5.74) is 1.78. The van der Waals surface area contributed by atoms with E-state index in [-0.39, 0.29) is 16.4 Å². The van der Waals surface area contributed by atoms with Crippen LogP contribution < -0.4 is 10.6 Å². The Morgan fingerprint density at radius 2 is 1.24 bits per heavy atom. The van der Waals surface area contributed by atoms with Crippen LogP contribution in [0.3, 0.4) is 0 Å². The molecule has 33 heavy (non-hydrogen) atoms. The summed E-state index contributed by atoms with van der Waals surface area (Å²) in [6.07, 6.45) is 2.71. The zero-order valence-electron chi connectivity index (χ0n) is 18.0. The standard InChI is InChI=1S/C25H25N3O4S/c29-24(19-9-3-1-4-10-19)26-21-12-8-13-22(18-21)27-25(30)20-11-7-14-23(17-20)33(31,32)28-15-5-2-6-16-28/h1,3-4,7-14,17-18H,2,5-6,15-16H2,(H,26,29)(H,27,30). The summed E-state index contributed by atoms with van der Waals surface area (Å²) >= 11 is 0. The van der Waals surface area contributed by atoms with Crippen LogP contribution in [0.25, 0.3) is 0 Å². The fourth-order valence-electron chi connectivity index (χ4n) is 3.72. The average Bonchev–Trinajstić information content (AvgIpc) is 2.85. The van der Waals surface area contributed by atoms with Gasteiger partial charge in [0.05, 0.1) is 4.90 Å². The molecule has 3 aromatic carbocycles. The maximum Gasteiger partial charge on any atom is 0.255 e. The van der Waals surface area contributed by atoms with E-state index >= 15 is 0 Å². The number of sulfonamides is 1. The quantitative estimate of drug-likeness (QED) is 0.568. The van der Waals surface area contributed by atoms with Gasteiger partial charge in [-0.25, -0.2) is 8.42 Å². The van der Waals surface area contributed by atoms with Crippen LogP contribution in [0.15, 0.2) is 83.8 Å². The van der Waals surface area contributed by atoms with Crippen molar-refractivity contribution in [3.05, 3.63) is 90.0 Å². The largest absolute Gasteiger partial charge is 0.322 e. The summed E-state index contributed by atoms with van der Waals surface area (Å²) < 4.78 is 27.4. The van der Waals surface area contributed by atoms with Gasteiger partial charge in [0.15, 0.2) is 0 Å². The third-order valence-electron chi connectivity index (χ3n) is 5.46. The van der Waals surface area contributed by atoms with Gasteiger partial charge >= 0.3 is 0 Å². The van der Waals surface area contributed by atoms with E-state index in [1.54, 1.807) is 60.7 Å². The van der Waals surface area contributed by atoms with E-state index in [9.17, 15) is 18.0 Å². The van der Waals surface area contributed by atoms with Gasteiger partial charge in [0.1, 0.15) is 0 Å². The van der Waals surface area contributed by atoms with Gasteiger partial charge < -0.3 is 10.6 Å². The highest BCUT2D eigenvalue weighted by atomic mass is 32.2. The Morgan fingerprint density at radius 1 is 0.667 bits per heavy atom. The van der Waals surface area contributed by atoms with Gasteiger partial charge in [-0.05, 0) is 61.4 Å². The topological polar surface area (TPSA) is 95.6 Å². The number of hydrogen-bond acceptors (Lipinski definition) is 4. The highest BCUT2D eigenvalue weighted by Gasteiger charge is 2.26. The molecular weight excluding hydrogens is 438 g/mol. The summed E-state index contributed by atoms with van der Waals surface area (Å²) in [5, 5.41) is 5.57. The van der Waals surface area contributed by atoms with Crippen LogP contribution in [0, 0.1) is 0 Å². The van der Waals surface area contributed by atoms with Gasteiger partial charge in [0.25, 0.3) is 11.8 Å². The summed E-state index contributed by atoms with van der Waals surface area (Å²) in [5.74, 6) is -0.688. The van der Waals surface area contributed by atoms with Gasteiger partial charge in [-0.15, -0.1) is 0 Å². The maximum atomic E-state index is 12.9. The lowest BCUT2D eigenvalue weighted by molar-refractivity contribution is 0.101. The van der Waals surface area contributed by atoms with Gasteiger partial charge in [-0.1, -0.05) is 36.8 Å². The molecule has 0 aliphatic carbocycles. The first kappa shape index (κ1) is 22.7. The van der Waals surface area contributed by atoms with Crippen molar-refractivity contribution in [2.45, 2.75) is 24.2 Å². The number of anilines is 2. The van der Waals surface area contributed by atoms with E-state index < -0.39 is 15.9 Å². The molecule has 7 nitrogen and oxygen atoms in total. The van der Waals surface area contributed by atoms with Crippen molar-refractivity contribution in [1.82, 2.24) is 4.31 Å². The summed E-state index contributed by atoms with van der Waals surface area (Å²) in [4.78, 5) is 25.3. The molecule has 170 valence electrons. The lowest BCUT2D eigenvalue weighted by Crippen LogP contribution is -2.35. The van der Waals surface area contributed by atoms with Crippen molar-refractivity contribution >= 4 is 33.2 Å². The maximum absolute atomic E-state index is 12.9. The van der Waals surface area contributed by atoms with E-state index in [1.165, 1.54) is 16.4 Å². The average molecular weight is 464 g/mol. The fraction of sp³-hybridized carbons (Fsp3) is 0.200. The molecule has 4 rings (SSSR count). The van der Waals surface area contributed by atoms with Crippen molar-refractivity contribution in [3.8, 4) is 0 Å². The molecule has 1 fully saturated rings. The molecule has 0 radical (unpaired) electrons. The molecule has 0 spiro atoms. The second-order valence-electron chi connectivity index (χ2n) is 7.85. The number of amides is 2. The van der Waals surface area contributed by atoms with Crippen molar-refractivity contribution in [2.75, 3.05) is 23.7 Å². The summed E-state index contributed by atoms with van der Waals surface area (Å²) in [7, 11) is -3.63. The fourth-order valence-corrected chi connectivity index (χ4v) is 5.29. The van der Waals surface area contributed by atoms with Crippen LogP contribution in [0.5, 0.6) is 0 Å². The van der Waals surface area contributed by atoms with Crippen LogP contribution in [-0.2, 0) is 10.0 Å². The van der Waals surface area contributed by atoms with Crippen molar-refractivity contribution in [2.24, 2.45) is 0 Å². The molecule has 0 bridgehead atoms. The molecule has 1 heterocycles. The Morgan fingerprint density at radius 3 is 1.91 bits per heavy atom. The molecule has 1 aliphatic heterocycles. The first-order valence-electron chi connectivity index (χ1n) is 10.8. The Kier molecular flexibility index (Phi) is 6.86. The van der Waals surface area contributed by atoms with Gasteiger partial charge in [0.2, 0.25) is 10.0 Å². The molecular formula is C25H25N3O4S. The molecule has 0 atom stereocenters. The number of hydrogen-bond donors (Lipinski definition) is 2. The Bertz CT molecular complexity index is 1250. The van der Waals surface area contributed by atoms with E-state index in [0.717, 1.165) is 19.3 Å². The zero-order valence-corrected chi connectivity index (χ0v) is 18.8. The van der Waals surface area contributed by atoms with Crippen LogP contribution in [0.4, 0.5) is 11.4 Å². The molecule has 8 heteroatoms. The van der Waals surface area contributed by atoms with Crippen LogP contribution in [-0.4, -0.2) is 37.6 Å². The number of nitrogens with zero attached hydrogens (tertiary/aromatic N) is 1. The minimum absolute atomic E-state index is 0.112. The number of carbonyl (C=O) groups excluding carboxylic acids is 2. The third-order valence-corrected chi connectivity index (χ3v) is 7.36. The highest BCUT2D eigenvalue weighted by molar-refractivity contribution is 7.89. The highest BCUT2D eigenvalue weighted by Crippen LogP contribution is 2.22. The summed E-state index contributed by atoms with van der Waals surface area (Å²) in [6.45, 7) is 1.00. The lowest BCUT2D eigenvalue weighted by Gasteiger charge is -2.26. The SMILES string of the molecule is O=C(Nc1cccc(NC(=O)c2cccc(S(=O)(=O)N3CCCCC3)c2)c1)c1ccccc1. The Labute approximate surface area is 193 Å². The van der Waals surface area contributed by atoms with Gasteiger partial charge in [0, 0.05) is 35.6 Å². The minimum atomic E-state index is -3.63. The first-order chi connectivity index (χ1) is 15.9. The number of rotatable bonds is 6. The molecule has 1 saturated heterocycles. The Balaban J connectivity index is 1.47. The normalized spacial score (nSPS) is 14.4. The Hall–Kier alpha value is -3.49. The molecule has 2 amide bonds. The summed E-state index contributed by atoms with van der Waals surface area (Å²) in [6, 6.07) is 21.7. The number of piperidine rings is 1. The van der Waals surface area contributed by atoms with E-state index in [2.05, 4.69) is 10.6 Å². The number of carbonyl (C=O) groups is 2. The molecule has 0 aromatic heterocycles. The molecule has 0 saturated carbocycles. The second-order valence-corrected chi connectivity index (χ2v) is 9.79. The van der Waals surface area contributed by atoms with Crippen molar-refractivity contribution in [1.29, 1.82) is 0 Å². The molecule has 3 aromatic rings. The smallest absolute Gasteiger partial charge is 0.255 e. The molecule has 2 N–H and O–H groups in total. The monoisotopic (exact) mass is 463 g/mol. The van der Waals surface area contributed by atoms with Crippen LogP contribution in [0.2, 0.25) is 0 Å². The van der Waals surface area contributed by atoms with E-state index in [1.807, 2.05) is 6.07 Å². The van der Waals surface area contributed by atoms with Crippen LogP contribution in [0.1, 0.15) is 40.0 Å². The molecule has 0 unspecified atom stereocenters. The number of nitrogens with one attached hydrogen (secondary N) is 2. The van der Waals surface area contributed by atoms with E-state index in [4.69, 9.17) is 0 Å². The zero-order chi connectivity index (χ0) is 23.3. The third kappa shape index (κ3) is 5.47. The van der Waals surface area contributed by atoms with Crippen molar-refractivity contribution in [3.63, 3.8) is 0 Å². The van der Waals surface area contributed by atoms with Gasteiger partial charge in [-0.3, -0.25) is 9.59 Å². The van der Waals surface area contributed by atoms with E-state index in [0.29, 0.717) is 30.0 Å². The predicted octanol–water partition coefficient (Wildman–Crippen LogP) is 4.37. The molecule has 1 aliphatic rings. The second kappa shape index (κ2) is 9.97. The van der Waals surface area contributed by atoms with Crippen LogP contribution >= 0.6 is 0 Å². The minimum Gasteiger partial charge on any atom is -0.322 e. The lowest BCUT2D eigenvalue weighted by atomic mass is 10.2. The number of benzene rings is 3. The van der Waals surface area contributed by atoms with Gasteiger partial charge in [-0.2, -0.15) is 4.31 Å².